The average molecular weight is 252 g/mol. The molecule has 0 saturated heterocycles. The van der Waals surface area contributed by atoms with E-state index < -0.39 is 0 Å². The topological polar surface area (TPSA) is 38.0 Å². The third kappa shape index (κ3) is 3.71. The van der Waals surface area contributed by atoms with Crippen molar-refractivity contribution in [2.45, 2.75) is 83.6 Å². The lowest BCUT2D eigenvalue weighted by atomic mass is 9.74. The second kappa shape index (κ2) is 7.49. The van der Waals surface area contributed by atoms with Crippen molar-refractivity contribution in [3.63, 3.8) is 0 Å². The maximum absolute atomic E-state index is 5.85. The van der Waals surface area contributed by atoms with Crippen LogP contribution in [0.4, 0.5) is 0 Å². The van der Waals surface area contributed by atoms with Crippen LogP contribution in [0.3, 0.4) is 0 Å². The Balaban J connectivity index is 1.76. The summed E-state index contributed by atoms with van der Waals surface area (Å²) in [6.07, 6.45) is 15.7. The molecule has 1 atom stereocenters. The SMILES string of the molecule is CCCCC1CCC(C(NN)C2CCCC2)CC1. The normalized spacial score (nSPS) is 31.7. The van der Waals surface area contributed by atoms with Gasteiger partial charge in [0.05, 0.1) is 0 Å². The fourth-order valence-corrected chi connectivity index (χ4v) is 4.30. The molecule has 2 rings (SSSR count). The molecule has 0 spiro atoms. The van der Waals surface area contributed by atoms with Crippen molar-refractivity contribution in [2.75, 3.05) is 0 Å². The van der Waals surface area contributed by atoms with Gasteiger partial charge in [-0.15, -0.1) is 0 Å². The lowest BCUT2D eigenvalue weighted by Gasteiger charge is -2.36. The Morgan fingerprint density at radius 3 is 2.17 bits per heavy atom. The van der Waals surface area contributed by atoms with Crippen molar-refractivity contribution in [1.29, 1.82) is 0 Å². The van der Waals surface area contributed by atoms with Gasteiger partial charge >= 0.3 is 0 Å². The van der Waals surface area contributed by atoms with Gasteiger partial charge in [-0.2, -0.15) is 0 Å². The third-order valence-corrected chi connectivity index (χ3v) is 5.47. The van der Waals surface area contributed by atoms with Crippen LogP contribution in [0.25, 0.3) is 0 Å². The summed E-state index contributed by atoms with van der Waals surface area (Å²) in [5, 5.41) is 0. The van der Waals surface area contributed by atoms with E-state index in [0.717, 1.165) is 17.8 Å². The van der Waals surface area contributed by atoms with Crippen LogP contribution >= 0.6 is 0 Å². The maximum Gasteiger partial charge on any atom is 0.0266 e. The van der Waals surface area contributed by atoms with Crippen molar-refractivity contribution >= 4 is 0 Å². The fourth-order valence-electron chi connectivity index (χ4n) is 4.30. The molecular formula is C16H32N2. The zero-order valence-electron chi connectivity index (χ0n) is 12.2. The van der Waals surface area contributed by atoms with Gasteiger partial charge in [0, 0.05) is 6.04 Å². The molecule has 0 aliphatic heterocycles. The van der Waals surface area contributed by atoms with E-state index in [1.807, 2.05) is 0 Å². The Bertz CT molecular complexity index is 215. The first kappa shape index (κ1) is 14.3. The van der Waals surface area contributed by atoms with Crippen molar-refractivity contribution in [3.05, 3.63) is 0 Å². The highest BCUT2D eigenvalue weighted by atomic mass is 15.2. The first-order valence-electron chi connectivity index (χ1n) is 8.31. The molecule has 2 heteroatoms. The Morgan fingerprint density at radius 1 is 1.00 bits per heavy atom. The highest BCUT2D eigenvalue weighted by molar-refractivity contribution is 4.87. The number of hydrogen-bond acceptors (Lipinski definition) is 2. The van der Waals surface area contributed by atoms with Crippen LogP contribution in [0, 0.1) is 17.8 Å². The molecule has 0 bridgehead atoms. The highest BCUT2D eigenvalue weighted by Gasteiger charge is 2.33. The molecule has 2 aliphatic carbocycles. The summed E-state index contributed by atoms with van der Waals surface area (Å²) in [5.74, 6) is 8.59. The molecule has 1 unspecified atom stereocenters. The minimum absolute atomic E-state index is 0.611. The van der Waals surface area contributed by atoms with Gasteiger partial charge in [-0.05, 0) is 43.4 Å². The first-order chi connectivity index (χ1) is 8.85. The monoisotopic (exact) mass is 252 g/mol. The fraction of sp³-hybridized carbons (Fsp3) is 1.00. The number of nitrogens with two attached hydrogens (primary N) is 1. The maximum atomic E-state index is 5.85. The Morgan fingerprint density at radius 2 is 1.61 bits per heavy atom. The molecule has 0 heterocycles. The van der Waals surface area contributed by atoms with Crippen LogP contribution in [-0.2, 0) is 0 Å². The predicted octanol–water partition coefficient (Wildman–Crippen LogP) is 4.01. The van der Waals surface area contributed by atoms with Crippen LogP contribution in [-0.4, -0.2) is 6.04 Å². The number of hydrogen-bond donors (Lipinski definition) is 2. The van der Waals surface area contributed by atoms with E-state index in [-0.39, 0.29) is 0 Å². The number of hydrazine groups is 1. The van der Waals surface area contributed by atoms with Crippen molar-refractivity contribution in [1.82, 2.24) is 5.43 Å². The summed E-state index contributed by atoms with van der Waals surface area (Å²) in [6.45, 7) is 2.31. The summed E-state index contributed by atoms with van der Waals surface area (Å²) in [4.78, 5) is 0. The Hall–Kier alpha value is -0.0800. The number of rotatable bonds is 6. The second-order valence-corrected chi connectivity index (χ2v) is 6.66. The summed E-state index contributed by atoms with van der Waals surface area (Å²) in [5.41, 5.74) is 3.17. The van der Waals surface area contributed by atoms with Gasteiger partial charge in [0.2, 0.25) is 0 Å². The lowest BCUT2D eigenvalue weighted by Crippen LogP contribution is -2.46. The van der Waals surface area contributed by atoms with Crippen molar-refractivity contribution in [2.24, 2.45) is 23.6 Å². The molecule has 0 radical (unpaired) electrons. The number of nitrogens with one attached hydrogen (secondary N) is 1. The highest BCUT2D eigenvalue weighted by Crippen LogP contribution is 2.38. The molecule has 0 amide bonds. The first-order valence-corrected chi connectivity index (χ1v) is 8.31. The van der Waals surface area contributed by atoms with E-state index in [2.05, 4.69) is 12.3 Å². The largest absolute Gasteiger partial charge is 0.271 e. The van der Waals surface area contributed by atoms with Gasteiger partial charge in [-0.3, -0.25) is 11.3 Å². The molecule has 106 valence electrons. The third-order valence-electron chi connectivity index (χ3n) is 5.47. The van der Waals surface area contributed by atoms with Gasteiger partial charge in [0.15, 0.2) is 0 Å². The van der Waals surface area contributed by atoms with Crippen LogP contribution in [0.15, 0.2) is 0 Å². The number of unbranched alkanes of at least 4 members (excludes halogenated alkanes) is 1. The van der Waals surface area contributed by atoms with E-state index >= 15 is 0 Å². The molecule has 3 N–H and O–H groups in total. The Labute approximate surface area is 113 Å². The molecule has 0 aromatic heterocycles. The van der Waals surface area contributed by atoms with E-state index in [4.69, 9.17) is 5.84 Å². The van der Waals surface area contributed by atoms with Crippen LogP contribution in [0.5, 0.6) is 0 Å². The van der Waals surface area contributed by atoms with Crippen LogP contribution < -0.4 is 11.3 Å². The van der Waals surface area contributed by atoms with Gasteiger partial charge in [-0.25, -0.2) is 0 Å². The molecule has 0 aromatic rings. The van der Waals surface area contributed by atoms with Gasteiger partial charge in [-0.1, -0.05) is 51.9 Å². The standard InChI is InChI=1S/C16H32N2/c1-2-3-6-13-9-11-15(12-10-13)16(18-17)14-7-4-5-8-14/h13-16,18H,2-12,17H2,1H3. The Kier molecular flexibility index (Phi) is 5.97. The molecule has 2 fully saturated rings. The molecule has 0 aromatic carbocycles. The van der Waals surface area contributed by atoms with Gasteiger partial charge in [0.1, 0.15) is 0 Å². The van der Waals surface area contributed by atoms with Gasteiger partial charge < -0.3 is 0 Å². The quantitative estimate of drug-likeness (QED) is 0.554. The average Bonchev–Trinajstić information content (AvgIpc) is 2.93. The van der Waals surface area contributed by atoms with E-state index in [1.165, 1.54) is 70.6 Å². The van der Waals surface area contributed by atoms with Crippen LogP contribution in [0.2, 0.25) is 0 Å². The van der Waals surface area contributed by atoms with Crippen molar-refractivity contribution < 1.29 is 0 Å². The second-order valence-electron chi connectivity index (χ2n) is 6.66. The van der Waals surface area contributed by atoms with E-state index in [1.54, 1.807) is 0 Å². The van der Waals surface area contributed by atoms with Crippen molar-refractivity contribution in [3.8, 4) is 0 Å². The summed E-state index contributed by atoms with van der Waals surface area (Å²) >= 11 is 0. The summed E-state index contributed by atoms with van der Waals surface area (Å²) in [7, 11) is 0. The molecular weight excluding hydrogens is 220 g/mol. The smallest absolute Gasteiger partial charge is 0.0266 e. The summed E-state index contributed by atoms with van der Waals surface area (Å²) < 4.78 is 0. The van der Waals surface area contributed by atoms with E-state index in [0.29, 0.717) is 6.04 Å². The molecule has 18 heavy (non-hydrogen) atoms. The predicted molar refractivity (Wildman–Crippen MR) is 78.0 cm³/mol. The summed E-state index contributed by atoms with van der Waals surface area (Å²) in [6, 6.07) is 0.611. The molecule has 2 aliphatic rings. The van der Waals surface area contributed by atoms with E-state index in [9.17, 15) is 0 Å². The van der Waals surface area contributed by atoms with Crippen LogP contribution in [0.1, 0.15) is 77.6 Å². The lowest BCUT2D eigenvalue weighted by molar-refractivity contribution is 0.173. The molecule has 2 nitrogen and oxygen atoms in total. The minimum atomic E-state index is 0.611. The zero-order valence-corrected chi connectivity index (χ0v) is 12.2. The molecule has 2 saturated carbocycles. The van der Waals surface area contributed by atoms with Gasteiger partial charge in [0.25, 0.3) is 0 Å². The minimum Gasteiger partial charge on any atom is -0.271 e. The zero-order chi connectivity index (χ0) is 12.8.